The van der Waals surface area contributed by atoms with Crippen LogP contribution in [0.3, 0.4) is 0 Å². The Hall–Kier alpha value is 0.137. The Morgan fingerprint density at radius 1 is 0.379 bits per heavy atom. The molecule has 0 amide bonds. The number of unbranched alkanes of at least 4 members (excludes halogenated alkanes) is 16. The van der Waals surface area contributed by atoms with E-state index in [1.807, 2.05) is 0 Å². The molecule has 29 heavy (non-hydrogen) atoms. The second-order valence-electron chi connectivity index (χ2n) is 8.93. The molecule has 0 aromatic heterocycles. The molecular weight excluding hydrogens is 372 g/mol. The molecule has 0 unspecified atom stereocenters. The van der Waals surface area contributed by atoms with E-state index in [1.165, 1.54) is 122 Å². The number of hydrogen-bond donors (Lipinski definition) is 0. The van der Waals surface area contributed by atoms with Crippen molar-refractivity contribution in [1.29, 1.82) is 0 Å². The quantitative estimate of drug-likeness (QED) is 0.112. The molecule has 0 saturated carbocycles. The molecule has 0 radical (unpaired) electrons. The lowest BCUT2D eigenvalue weighted by Crippen LogP contribution is -2.42. The van der Waals surface area contributed by atoms with E-state index < -0.39 is 8.56 Å². The summed E-state index contributed by atoms with van der Waals surface area (Å²) < 4.78 is 12.3. The number of rotatable bonds is 24. The highest BCUT2D eigenvalue weighted by molar-refractivity contribution is 6.67. The summed E-state index contributed by atoms with van der Waals surface area (Å²) in [5, 5.41) is 0. The number of hydrogen-bond acceptors (Lipinski definition) is 2. The normalized spacial score (nSPS) is 12.0. The highest BCUT2D eigenvalue weighted by Crippen LogP contribution is 2.25. The lowest BCUT2D eigenvalue weighted by atomic mass is 10.0. The molecule has 0 aromatic rings. The van der Waals surface area contributed by atoms with E-state index in [9.17, 15) is 0 Å². The van der Waals surface area contributed by atoms with E-state index in [-0.39, 0.29) is 0 Å². The van der Waals surface area contributed by atoms with Gasteiger partial charge in [-0.15, -0.1) is 0 Å². The van der Waals surface area contributed by atoms with Gasteiger partial charge < -0.3 is 8.85 Å². The molecule has 0 rings (SSSR count). The van der Waals surface area contributed by atoms with Gasteiger partial charge in [-0.2, -0.15) is 0 Å². The van der Waals surface area contributed by atoms with Gasteiger partial charge in [0.2, 0.25) is 0 Å². The van der Waals surface area contributed by atoms with E-state index in [1.54, 1.807) is 0 Å². The van der Waals surface area contributed by atoms with Crippen molar-refractivity contribution in [1.82, 2.24) is 0 Å². The molecule has 0 spiro atoms. The lowest BCUT2D eigenvalue weighted by molar-refractivity contribution is 0.181. The molecule has 0 saturated heterocycles. The molecule has 0 aliphatic rings. The summed E-state index contributed by atoms with van der Waals surface area (Å²) in [4.78, 5) is 0. The topological polar surface area (TPSA) is 18.5 Å². The Morgan fingerprint density at radius 3 is 1.03 bits per heavy atom. The molecule has 0 bridgehead atoms. The summed E-state index contributed by atoms with van der Waals surface area (Å²) in [6.45, 7) is 10.4. The van der Waals surface area contributed by atoms with E-state index in [0.717, 1.165) is 19.3 Å². The largest absolute Gasteiger partial charge is 0.394 e. The predicted molar refractivity (Wildman–Crippen MR) is 133 cm³/mol. The van der Waals surface area contributed by atoms with Crippen LogP contribution in [0.2, 0.25) is 12.1 Å². The average molecular weight is 429 g/mol. The molecular formula is C26H56O2Si. The summed E-state index contributed by atoms with van der Waals surface area (Å²) >= 11 is 0. The summed E-state index contributed by atoms with van der Waals surface area (Å²) in [5.41, 5.74) is 0. The lowest BCUT2D eigenvalue weighted by Gasteiger charge is -2.29. The second-order valence-corrected chi connectivity index (χ2v) is 12.3. The van der Waals surface area contributed by atoms with Gasteiger partial charge in [-0.3, -0.25) is 0 Å². The van der Waals surface area contributed by atoms with Crippen LogP contribution in [0.5, 0.6) is 0 Å². The zero-order valence-electron chi connectivity index (χ0n) is 20.9. The van der Waals surface area contributed by atoms with E-state index in [4.69, 9.17) is 8.85 Å². The highest BCUT2D eigenvalue weighted by Gasteiger charge is 2.35. The fraction of sp³-hybridized carbons (Fsp3) is 1.00. The summed E-state index contributed by atoms with van der Waals surface area (Å²) in [7, 11) is -1.90. The maximum Gasteiger partial charge on any atom is 0.338 e. The monoisotopic (exact) mass is 428 g/mol. The Morgan fingerprint density at radius 2 is 0.724 bits per heavy atom. The molecule has 0 aromatic carbocycles. The fourth-order valence-corrected chi connectivity index (χ4v) is 7.99. The van der Waals surface area contributed by atoms with Crippen molar-refractivity contribution in [3.8, 4) is 0 Å². The maximum absolute atomic E-state index is 6.16. The van der Waals surface area contributed by atoms with Crippen LogP contribution in [0.1, 0.15) is 143 Å². The smallest absolute Gasteiger partial charge is 0.338 e. The minimum absolute atomic E-state index is 0.811. The van der Waals surface area contributed by atoms with Crippen molar-refractivity contribution in [2.24, 2.45) is 0 Å². The van der Waals surface area contributed by atoms with Gasteiger partial charge in [-0.05, 0) is 25.9 Å². The molecule has 176 valence electrons. The van der Waals surface area contributed by atoms with Crippen LogP contribution in [0.25, 0.3) is 0 Å². The van der Waals surface area contributed by atoms with Crippen molar-refractivity contribution >= 4 is 8.56 Å². The third kappa shape index (κ3) is 18.6. The first-order valence-corrected chi connectivity index (χ1v) is 15.8. The molecule has 0 N–H and O–H groups in total. The van der Waals surface area contributed by atoms with Crippen molar-refractivity contribution in [2.45, 2.75) is 155 Å². The zero-order valence-corrected chi connectivity index (χ0v) is 21.9. The van der Waals surface area contributed by atoms with Gasteiger partial charge in [0.15, 0.2) is 0 Å². The maximum atomic E-state index is 6.16. The highest BCUT2D eigenvalue weighted by atomic mass is 28.4. The van der Waals surface area contributed by atoms with Crippen LogP contribution in [0, 0.1) is 0 Å². The molecule has 0 aliphatic carbocycles. The first-order valence-electron chi connectivity index (χ1n) is 13.5. The van der Waals surface area contributed by atoms with Gasteiger partial charge in [0.1, 0.15) is 0 Å². The molecule has 0 atom stereocenters. The van der Waals surface area contributed by atoms with E-state index >= 15 is 0 Å². The van der Waals surface area contributed by atoms with Gasteiger partial charge in [0.25, 0.3) is 0 Å². The van der Waals surface area contributed by atoms with E-state index in [2.05, 4.69) is 27.7 Å². The van der Waals surface area contributed by atoms with Gasteiger partial charge >= 0.3 is 8.56 Å². The molecule has 0 fully saturated rings. The zero-order chi connectivity index (χ0) is 21.5. The minimum atomic E-state index is -1.90. The van der Waals surface area contributed by atoms with Crippen molar-refractivity contribution in [3.63, 3.8) is 0 Å². The third-order valence-electron chi connectivity index (χ3n) is 6.11. The molecule has 0 heterocycles. The predicted octanol–water partition coefficient (Wildman–Crippen LogP) is 9.56. The summed E-state index contributed by atoms with van der Waals surface area (Å²) in [6, 6.07) is 2.36. The van der Waals surface area contributed by atoms with Crippen LogP contribution < -0.4 is 0 Å². The first-order chi connectivity index (χ1) is 14.2. The van der Waals surface area contributed by atoms with Gasteiger partial charge in [0.05, 0.1) is 0 Å². The van der Waals surface area contributed by atoms with Crippen molar-refractivity contribution in [3.05, 3.63) is 0 Å². The summed E-state index contributed by atoms with van der Waals surface area (Å²) in [5.74, 6) is 0. The van der Waals surface area contributed by atoms with Crippen LogP contribution in [0.4, 0.5) is 0 Å². The van der Waals surface area contributed by atoms with Gasteiger partial charge in [-0.1, -0.05) is 129 Å². The average Bonchev–Trinajstić information content (AvgIpc) is 2.71. The Kier molecular flexibility index (Phi) is 22.9. The molecule has 3 heteroatoms. The first kappa shape index (κ1) is 29.1. The van der Waals surface area contributed by atoms with Crippen molar-refractivity contribution < 1.29 is 8.85 Å². The minimum Gasteiger partial charge on any atom is -0.394 e. The second kappa shape index (κ2) is 22.8. The van der Waals surface area contributed by atoms with Crippen LogP contribution in [0.15, 0.2) is 0 Å². The van der Waals surface area contributed by atoms with Crippen molar-refractivity contribution in [2.75, 3.05) is 13.2 Å². The Labute approximate surface area is 186 Å². The van der Waals surface area contributed by atoms with Crippen LogP contribution in [-0.2, 0) is 8.85 Å². The van der Waals surface area contributed by atoms with E-state index in [0.29, 0.717) is 0 Å². The van der Waals surface area contributed by atoms with Crippen LogP contribution in [-0.4, -0.2) is 21.8 Å². The Bertz CT molecular complexity index is 292. The molecule has 0 aliphatic heterocycles. The molecule has 2 nitrogen and oxygen atoms in total. The third-order valence-corrected chi connectivity index (χ3v) is 10.1. The summed E-state index contributed by atoms with van der Waals surface area (Å²) in [6.07, 6.45) is 25.5. The van der Waals surface area contributed by atoms with Crippen LogP contribution >= 0.6 is 0 Å². The standard InChI is InChI=1S/C26H56O2Si/c1-5-9-10-11-12-13-14-15-16-17-18-19-20-21-22-23-24-26-29(25-6-2,27-7-3)28-8-4/h5-26H2,1-4H3. The Balaban J connectivity index is 3.43. The van der Waals surface area contributed by atoms with Gasteiger partial charge in [-0.25, -0.2) is 0 Å². The fourth-order valence-electron chi connectivity index (χ4n) is 4.48. The SMILES string of the molecule is CCCCCCCCCCCCCCCCCCC[Si](CCC)(OCC)OCC. The van der Waals surface area contributed by atoms with Gasteiger partial charge in [0, 0.05) is 13.2 Å².